The van der Waals surface area contributed by atoms with Gasteiger partial charge in [0.1, 0.15) is 18.3 Å². The number of carbonyl (C=O) groups is 4. The maximum atomic E-state index is 11.8. The van der Waals surface area contributed by atoms with E-state index in [0.29, 0.717) is 0 Å². The standard InChI is InChI=1S/C16H20O8/c1-9-8-16(21)24-11(3)13(18)5-7-15(20)23-10(2)12(17)4-6-14(19)22-9/h4-7,9-12,17H,8H2,1-3H3/b6-4-,7-5-. The minimum atomic E-state index is -1.24. The summed E-state index contributed by atoms with van der Waals surface area (Å²) in [5, 5.41) is 9.79. The number of rotatable bonds is 0. The smallest absolute Gasteiger partial charge is 0.331 e. The molecular weight excluding hydrogens is 320 g/mol. The number of ether oxygens (including phenoxy) is 3. The molecule has 0 aromatic heterocycles. The van der Waals surface area contributed by atoms with Crippen molar-refractivity contribution in [3.05, 3.63) is 24.3 Å². The van der Waals surface area contributed by atoms with E-state index < -0.39 is 48.1 Å². The third-order valence-corrected chi connectivity index (χ3v) is 3.08. The lowest BCUT2D eigenvalue weighted by Gasteiger charge is -2.17. The Morgan fingerprint density at radius 2 is 1.54 bits per heavy atom. The van der Waals surface area contributed by atoms with Crippen molar-refractivity contribution in [1.29, 1.82) is 0 Å². The van der Waals surface area contributed by atoms with Crippen LogP contribution in [0.1, 0.15) is 27.2 Å². The molecular formula is C16H20O8. The van der Waals surface area contributed by atoms with Gasteiger partial charge in [-0.15, -0.1) is 0 Å². The van der Waals surface area contributed by atoms with E-state index in [1.54, 1.807) is 0 Å². The van der Waals surface area contributed by atoms with Gasteiger partial charge in [-0.3, -0.25) is 9.59 Å². The van der Waals surface area contributed by atoms with Gasteiger partial charge in [-0.1, -0.05) is 0 Å². The molecule has 0 bridgehead atoms. The largest absolute Gasteiger partial charge is 0.459 e. The van der Waals surface area contributed by atoms with Crippen molar-refractivity contribution in [3.63, 3.8) is 0 Å². The van der Waals surface area contributed by atoms with E-state index in [1.807, 2.05) is 0 Å². The van der Waals surface area contributed by atoms with Crippen LogP contribution in [0, 0.1) is 0 Å². The lowest BCUT2D eigenvalue weighted by molar-refractivity contribution is -0.157. The molecule has 8 heteroatoms. The van der Waals surface area contributed by atoms with Gasteiger partial charge in [0, 0.05) is 12.2 Å². The Morgan fingerprint density at radius 3 is 2.21 bits per heavy atom. The molecule has 24 heavy (non-hydrogen) atoms. The van der Waals surface area contributed by atoms with Gasteiger partial charge in [0.2, 0.25) is 0 Å². The van der Waals surface area contributed by atoms with Crippen LogP contribution in [0.25, 0.3) is 0 Å². The zero-order chi connectivity index (χ0) is 18.3. The van der Waals surface area contributed by atoms with E-state index in [2.05, 4.69) is 0 Å². The Hall–Kier alpha value is -2.48. The Kier molecular flexibility index (Phi) is 7.31. The fourth-order valence-electron chi connectivity index (χ4n) is 1.73. The number of cyclic esters (lactones) is 3. The highest BCUT2D eigenvalue weighted by Crippen LogP contribution is 2.07. The van der Waals surface area contributed by atoms with E-state index in [-0.39, 0.29) is 6.42 Å². The first-order valence-electron chi connectivity index (χ1n) is 7.38. The molecule has 0 saturated carbocycles. The van der Waals surface area contributed by atoms with Crippen LogP contribution < -0.4 is 0 Å². The summed E-state index contributed by atoms with van der Waals surface area (Å²) in [6.45, 7) is 4.26. The molecule has 4 atom stereocenters. The second-order valence-electron chi connectivity index (χ2n) is 5.31. The van der Waals surface area contributed by atoms with Gasteiger partial charge in [0.05, 0.1) is 6.42 Å². The molecule has 8 nitrogen and oxygen atoms in total. The number of esters is 3. The van der Waals surface area contributed by atoms with Crippen molar-refractivity contribution in [2.75, 3.05) is 0 Å². The predicted molar refractivity (Wildman–Crippen MR) is 80.6 cm³/mol. The molecule has 1 rings (SSSR count). The molecule has 0 aromatic carbocycles. The van der Waals surface area contributed by atoms with E-state index >= 15 is 0 Å². The van der Waals surface area contributed by atoms with Crippen LogP contribution in [0.15, 0.2) is 24.3 Å². The van der Waals surface area contributed by atoms with E-state index in [0.717, 1.165) is 24.3 Å². The molecule has 4 unspecified atom stereocenters. The quantitative estimate of drug-likeness (QED) is 0.492. The fraction of sp³-hybridized carbons (Fsp3) is 0.500. The molecule has 1 aliphatic heterocycles. The van der Waals surface area contributed by atoms with Crippen molar-refractivity contribution in [1.82, 2.24) is 0 Å². The maximum absolute atomic E-state index is 11.8. The van der Waals surface area contributed by atoms with Crippen molar-refractivity contribution in [2.24, 2.45) is 0 Å². The van der Waals surface area contributed by atoms with Crippen LogP contribution >= 0.6 is 0 Å². The number of ketones is 1. The van der Waals surface area contributed by atoms with E-state index in [1.165, 1.54) is 20.8 Å². The lowest BCUT2D eigenvalue weighted by Crippen LogP contribution is -2.28. The molecule has 0 aliphatic carbocycles. The lowest BCUT2D eigenvalue weighted by atomic mass is 10.2. The minimum Gasteiger partial charge on any atom is -0.459 e. The summed E-state index contributed by atoms with van der Waals surface area (Å²) in [5.74, 6) is -2.96. The van der Waals surface area contributed by atoms with Crippen LogP contribution in [0.3, 0.4) is 0 Å². The second-order valence-corrected chi connectivity index (χ2v) is 5.31. The average Bonchev–Trinajstić information content (AvgIpc) is 2.48. The van der Waals surface area contributed by atoms with Gasteiger partial charge in [0.25, 0.3) is 0 Å². The second kappa shape index (κ2) is 8.97. The number of hydrogen-bond donors (Lipinski definition) is 1. The van der Waals surface area contributed by atoms with Gasteiger partial charge in [0.15, 0.2) is 11.9 Å². The SMILES string of the molecule is CC1CC(=O)OC(C)C(=O)/C=C\C(=O)OC(C)C(O)/C=C\C(=O)O1. The molecule has 0 amide bonds. The number of aliphatic hydroxyl groups excluding tert-OH is 1. The fourth-order valence-corrected chi connectivity index (χ4v) is 1.73. The van der Waals surface area contributed by atoms with Gasteiger partial charge in [-0.2, -0.15) is 0 Å². The van der Waals surface area contributed by atoms with Gasteiger partial charge >= 0.3 is 17.9 Å². The minimum absolute atomic E-state index is 0.234. The third kappa shape index (κ3) is 6.74. The normalized spacial score (nSPS) is 33.2. The Labute approximate surface area is 139 Å². The first-order valence-corrected chi connectivity index (χ1v) is 7.38. The summed E-state index contributed by atoms with van der Waals surface area (Å²) < 4.78 is 14.7. The van der Waals surface area contributed by atoms with Crippen LogP contribution in [-0.2, 0) is 33.4 Å². The van der Waals surface area contributed by atoms with Gasteiger partial charge in [-0.05, 0) is 32.9 Å². The Balaban J connectivity index is 2.93. The van der Waals surface area contributed by atoms with Gasteiger partial charge in [-0.25, -0.2) is 9.59 Å². The highest BCUT2D eigenvalue weighted by molar-refractivity contribution is 5.99. The molecule has 0 spiro atoms. The topological polar surface area (TPSA) is 116 Å². The highest BCUT2D eigenvalue weighted by Gasteiger charge is 2.21. The number of carbonyl (C=O) groups excluding carboxylic acids is 4. The van der Waals surface area contributed by atoms with Gasteiger partial charge < -0.3 is 19.3 Å². The Bertz CT molecular complexity index is 562. The van der Waals surface area contributed by atoms with E-state index in [9.17, 15) is 24.3 Å². The molecule has 132 valence electrons. The summed E-state index contributed by atoms with van der Waals surface area (Å²) in [7, 11) is 0. The predicted octanol–water partition coefficient (Wildman–Crippen LogP) is 0.228. The molecule has 0 saturated heterocycles. The molecule has 0 fully saturated rings. The Morgan fingerprint density at radius 1 is 0.917 bits per heavy atom. The van der Waals surface area contributed by atoms with Crippen molar-refractivity contribution >= 4 is 23.7 Å². The molecule has 0 radical (unpaired) electrons. The first-order chi connectivity index (χ1) is 11.2. The summed E-state index contributed by atoms with van der Waals surface area (Å²) in [4.78, 5) is 46.6. The van der Waals surface area contributed by atoms with Crippen LogP contribution in [0.4, 0.5) is 0 Å². The third-order valence-electron chi connectivity index (χ3n) is 3.08. The number of aliphatic hydroxyl groups is 1. The zero-order valence-corrected chi connectivity index (χ0v) is 13.6. The average molecular weight is 340 g/mol. The van der Waals surface area contributed by atoms with Crippen molar-refractivity contribution < 1.29 is 38.5 Å². The van der Waals surface area contributed by atoms with Crippen LogP contribution in [0.2, 0.25) is 0 Å². The summed E-state index contributed by atoms with van der Waals surface area (Å²) in [6.07, 6.45) is -0.388. The van der Waals surface area contributed by atoms with Crippen LogP contribution in [0.5, 0.6) is 0 Å². The van der Waals surface area contributed by atoms with Crippen LogP contribution in [-0.4, -0.2) is 53.2 Å². The van der Waals surface area contributed by atoms with Crippen molar-refractivity contribution in [3.8, 4) is 0 Å². The zero-order valence-electron chi connectivity index (χ0n) is 13.6. The summed E-state index contributed by atoms with van der Waals surface area (Å²) in [6, 6.07) is 0. The summed E-state index contributed by atoms with van der Waals surface area (Å²) >= 11 is 0. The summed E-state index contributed by atoms with van der Waals surface area (Å²) in [5.41, 5.74) is 0. The monoisotopic (exact) mass is 340 g/mol. The molecule has 1 aliphatic rings. The highest BCUT2D eigenvalue weighted by atomic mass is 16.6. The van der Waals surface area contributed by atoms with E-state index in [4.69, 9.17) is 14.2 Å². The molecule has 0 aromatic rings. The molecule has 1 N–H and O–H groups in total. The first kappa shape index (κ1) is 19.6. The van der Waals surface area contributed by atoms with Crippen molar-refractivity contribution in [2.45, 2.75) is 51.6 Å². The number of hydrogen-bond acceptors (Lipinski definition) is 8. The molecule has 1 heterocycles. The maximum Gasteiger partial charge on any atom is 0.331 e.